The highest BCUT2D eigenvalue weighted by atomic mass is 16.2. The second-order valence-electron chi connectivity index (χ2n) is 5.90. The van der Waals surface area contributed by atoms with Gasteiger partial charge in [-0.1, -0.05) is 24.3 Å². The van der Waals surface area contributed by atoms with E-state index in [2.05, 4.69) is 47.5 Å². The summed E-state index contributed by atoms with van der Waals surface area (Å²) < 4.78 is 0. The van der Waals surface area contributed by atoms with Crippen molar-refractivity contribution in [3.05, 3.63) is 59.7 Å². The number of carbonyl (C=O) groups excluding carboxylic acids is 1. The van der Waals surface area contributed by atoms with Crippen LogP contribution in [0.2, 0.25) is 0 Å². The third kappa shape index (κ3) is 3.49. The number of urea groups is 1. The Hall–Kier alpha value is -3.00. The molecule has 1 heterocycles. The number of carbonyl (C=O) groups is 1. The number of hydrogen-bond donors (Lipinski definition) is 1. The third-order valence-electron chi connectivity index (χ3n) is 4.22. The monoisotopic (exact) mass is 320 g/mol. The lowest BCUT2D eigenvalue weighted by molar-refractivity contribution is 0.208. The molecule has 5 heteroatoms. The van der Waals surface area contributed by atoms with E-state index >= 15 is 0 Å². The fraction of sp³-hybridized carbons (Fsp3) is 0.263. The molecule has 0 saturated carbocycles. The van der Waals surface area contributed by atoms with Crippen LogP contribution in [0, 0.1) is 18.3 Å². The molecule has 0 spiro atoms. The van der Waals surface area contributed by atoms with Crippen LogP contribution in [0.3, 0.4) is 0 Å². The Balaban J connectivity index is 1.60. The molecule has 2 amide bonds. The first-order valence-electron chi connectivity index (χ1n) is 8.04. The number of aryl methyl sites for hydroxylation is 1. The van der Waals surface area contributed by atoms with Gasteiger partial charge in [-0.3, -0.25) is 0 Å². The fourth-order valence-corrected chi connectivity index (χ4v) is 2.88. The molecular formula is C19H20N4O. The summed E-state index contributed by atoms with van der Waals surface area (Å²) >= 11 is 0. The number of amides is 2. The van der Waals surface area contributed by atoms with Gasteiger partial charge in [0.1, 0.15) is 6.07 Å². The minimum absolute atomic E-state index is 0.151. The maximum absolute atomic E-state index is 12.4. The molecule has 1 aliphatic rings. The minimum atomic E-state index is -0.151. The van der Waals surface area contributed by atoms with Gasteiger partial charge in [-0.2, -0.15) is 5.26 Å². The molecule has 3 rings (SSSR count). The zero-order chi connectivity index (χ0) is 16.9. The molecule has 2 aromatic carbocycles. The second kappa shape index (κ2) is 7.05. The van der Waals surface area contributed by atoms with Crippen molar-refractivity contribution in [1.29, 1.82) is 5.26 Å². The van der Waals surface area contributed by atoms with Crippen molar-refractivity contribution in [2.75, 3.05) is 36.4 Å². The highest BCUT2D eigenvalue weighted by molar-refractivity contribution is 5.91. The average molecular weight is 320 g/mol. The Labute approximate surface area is 142 Å². The van der Waals surface area contributed by atoms with Crippen molar-refractivity contribution < 1.29 is 4.79 Å². The molecule has 1 N–H and O–H groups in total. The smallest absolute Gasteiger partial charge is 0.322 e. The van der Waals surface area contributed by atoms with E-state index in [4.69, 9.17) is 5.26 Å². The number of para-hydroxylation sites is 1. The van der Waals surface area contributed by atoms with Crippen LogP contribution >= 0.6 is 0 Å². The quantitative estimate of drug-likeness (QED) is 0.924. The normalized spacial score (nSPS) is 14.2. The zero-order valence-electron chi connectivity index (χ0n) is 13.7. The van der Waals surface area contributed by atoms with Gasteiger partial charge in [0, 0.05) is 31.9 Å². The first-order valence-corrected chi connectivity index (χ1v) is 8.04. The topological polar surface area (TPSA) is 59.4 Å². The van der Waals surface area contributed by atoms with E-state index in [9.17, 15) is 4.79 Å². The summed E-state index contributed by atoms with van der Waals surface area (Å²) in [6, 6.07) is 17.4. The summed E-state index contributed by atoms with van der Waals surface area (Å²) in [5, 5.41) is 11.9. The second-order valence-corrected chi connectivity index (χ2v) is 5.90. The standard InChI is InChI=1S/C19H20N4O/c1-15-5-4-7-17(13-15)22-9-11-23(12-10-22)19(24)21-18-8-3-2-6-16(18)14-20/h2-8,13H,9-12H2,1H3,(H,21,24). The highest BCUT2D eigenvalue weighted by Crippen LogP contribution is 2.19. The van der Waals surface area contributed by atoms with Gasteiger partial charge in [0.15, 0.2) is 0 Å². The van der Waals surface area contributed by atoms with E-state index in [0.717, 1.165) is 13.1 Å². The summed E-state index contributed by atoms with van der Waals surface area (Å²) in [7, 11) is 0. The molecule has 1 saturated heterocycles. The largest absolute Gasteiger partial charge is 0.368 e. The first-order chi connectivity index (χ1) is 11.7. The third-order valence-corrected chi connectivity index (χ3v) is 4.22. The van der Waals surface area contributed by atoms with Crippen LogP contribution < -0.4 is 10.2 Å². The molecule has 0 aliphatic carbocycles. The Morgan fingerprint density at radius 2 is 1.83 bits per heavy atom. The Bertz CT molecular complexity index is 773. The fourth-order valence-electron chi connectivity index (χ4n) is 2.88. The molecule has 5 nitrogen and oxygen atoms in total. The summed E-state index contributed by atoms with van der Waals surface area (Å²) in [6.07, 6.45) is 0. The summed E-state index contributed by atoms with van der Waals surface area (Å²) in [5.74, 6) is 0. The number of hydrogen-bond acceptors (Lipinski definition) is 3. The van der Waals surface area contributed by atoms with Gasteiger partial charge in [-0.05, 0) is 36.8 Å². The number of nitrogens with zero attached hydrogens (tertiary/aromatic N) is 3. The molecule has 122 valence electrons. The number of piperazine rings is 1. The van der Waals surface area contributed by atoms with Gasteiger partial charge in [0.25, 0.3) is 0 Å². The molecule has 24 heavy (non-hydrogen) atoms. The van der Waals surface area contributed by atoms with Crippen LogP contribution in [0.5, 0.6) is 0 Å². The number of anilines is 2. The predicted molar refractivity (Wildman–Crippen MR) is 95.1 cm³/mol. The van der Waals surface area contributed by atoms with Crippen LogP contribution in [0.25, 0.3) is 0 Å². The molecule has 0 unspecified atom stereocenters. The summed E-state index contributed by atoms with van der Waals surface area (Å²) in [6.45, 7) is 5.01. The predicted octanol–water partition coefficient (Wildman–Crippen LogP) is 3.22. The van der Waals surface area contributed by atoms with Crippen LogP contribution in [-0.2, 0) is 0 Å². The summed E-state index contributed by atoms with van der Waals surface area (Å²) in [4.78, 5) is 16.5. The zero-order valence-corrected chi connectivity index (χ0v) is 13.7. The van der Waals surface area contributed by atoms with Gasteiger partial charge >= 0.3 is 6.03 Å². The lowest BCUT2D eigenvalue weighted by Gasteiger charge is -2.36. The first kappa shape index (κ1) is 15.9. The molecule has 1 aliphatic heterocycles. The van der Waals surface area contributed by atoms with Crippen molar-refractivity contribution >= 4 is 17.4 Å². The van der Waals surface area contributed by atoms with Crippen molar-refractivity contribution in [3.63, 3.8) is 0 Å². The van der Waals surface area contributed by atoms with Crippen molar-refractivity contribution in [1.82, 2.24) is 4.90 Å². The van der Waals surface area contributed by atoms with Crippen LogP contribution in [0.1, 0.15) is 11.1 Å². The maximum atomic E-state index is 12.4. The van der Waals surface area contributed by atoms with E-state index in [1.54, 1.807) is 23.1 Å². The van der Waals surface area contributed by atoms with Crippen molar-refractivity contribution in [2.45, 2.75) is 6.92 Å². The van der Waals surface area contributed by atoms with E-state index in [1.165, 1.54) is 11.3 Å². The lowest BCUT2D eigenvalue weighted by atomic mass is 10.2. The molecule has 0 radical (unpaired) electrons. The number of benzene rings is 2. The summed E-state index contributed by atoms with van der Waals surface area (Å²) in [5.41, 5.74) is 3.47. The van der Waals surface area contributed by atoms with E-state index < -0.39 is 0 Å². The highest BCUT2D eigenvalue weighted by Gasteiger charge is 2.21. The molecule has 0 bridgehead atoms. The van der Waals surface area contributed by atoms with Gasteiger partial charge in [0.05, 0.1) is 11.3 Å². The van der Waals surface area contributed by atoms with Gasteiger partial charge in [0.2, 0.25) is 0 Å². The lowest BCUT2D eigenvalue weighted by Crippen LogP contribution is -2.50. The number of rotatable bonds is 2. The van der Waals surface area contributed by atoms with Gasteiger partial charge < -0.3 is 15.1 Å². The Morgan fingerprint density at radius 3 is 2.54 bits per heavy atom. The molecule has 1 fully saturated rings. The molecule has 2 aromatic rings. The minimum Gasteiger partial charge on any atom is -0.368 e. The Morgan fingerprint density at radius 1 is 1.08 bits per heavy atom. The van der Waals surface area contributed by atoms with E-state index in [0.29, 0.717) is 24.3 Å². The van der Waals surface area contributed by atoms with Crippen LogP contribution in [-0.4, -0.2) is 37.1 Å². The molecular weight excluding hydrogens is 300 g/mol. The van der Waals surface area contributed by atoms with E-state index in [-0.39, 0.29) is 6.03 Å². The van der Waals surface area contributed by atoms with Crippen molar-refractivity contribution in [3.8, 4) is 6.07 Å². The van der Waals surface area contributed by atoms with Crippen LogP contribution in [0.15, 0.2) is 48.5 Å². The number of nitrogens with one attached hydrogen (secondary N) is 1. The number of nitriles is 1. The maximum Gasteiger partial charge on any atom is 0.322 e. The van der Waals surface area contributed by atoms with Crippen molar-refractivity contribution in [2.24, 2.45) is 0 Å². The van der Waals surface area contributed by atoms with Crippen LogP contribution in [0.4, 0.5) is 16.2 Å². The van der Waals surface area contributed by atoms with E-state index in [1.807, 2.05) is 6.07 Å². The SMILES string of the molecule is Cc1cccc(N2CCN(C(=O)Nc3ccccc3C#N)CC2)c1. The van der Waals surface area contributed by atoms with Gasteiger partial charge in [-0.15, -0.1) is 0 Å². The van der Waals surface area contributed by atoms with Gasteiger partial charge in [-0.25, -0.2) is 4.79 Å². The Kier molecular flexibility index (Phi) is 4.66. The molecule has 0 aromatic heterocycles. The average Bonchev–Trinajstić information content (AvgIpc) is 2.62. The molecule has 0 atom stereocenters.